The number of rotatable bonds is 5. The molecule has 1 saturated heterocycles. The highest BCUT2D eigenvalue weighted by atomic mass is 32.2. The largest absolute Gasteiger partial charge is 0.435 e. The van der Waals surface area contributed by atoms with Crippen LogP contribution in [0.25, 0.3) is 0 Å². The van der Waals surface area contributed by atoms with Gasteiger partial charge in [0.1, 0.15) is 0 Å². The average Bonchev–Trinajstić information content (AvgIpc) is 3.14. The van der Waals surface area contributed by atoms with E-state index in [1.54, 1.807) is 0 Å². The number of hydrogen-bond donors (Lipinski definition) is 3. The minimum atomic E-state index is -5.51. The summed E-state index contributed by atoms with van der Waals surface area (Å²) < 4.78 is 66.1. The van der Waals surface area contributed by atoms with Crippen LogP contribution in [-0.4, -0.2) is 52.3 Å². The van der Waals surface area contributed by atoms with Crippen LogP contribution in [0.2, 0.25) is 0 Å². The molecule has 28 heavy (non-hydrogen) atoms. The molecule has 3 amide bonds. The minimum Gasteiger partial charge on any atom is -0.374 e. The number of aromatic nitrogens is 3. The second-order valence-electron chi connectivity index (χ2n) is 5.44. The topological polar surface area (TPSA) is 160 Å². The predicted molar refractivity (Wildman–Crippen MR) is 86.7 cm³/mol. The molecule has 3 heterocycles. The van der Waals surface area contributed by atoms with Gasteiger partial charge in [-0.2, -0.15) is 17.9 Å². The molecule has 2 aromatic rings. The standard InChI is InChI=1S/C12H10F3N7O4S2/c13-12(14,15)11(21-28(25,26)10-20-19-8(16)27-10)7(23)22(9(24)18-11)5-6-2-1-3-17-4-6/h1-4,21H,5H2,(H2,16,19)(H,18,24). The van der Waals surface area contributed by atoms with E-state index >= 15 is 0 Å². The number of carbonyl (C=O) groups excluding carboxylic acids is 2. The zero-order chi connectivity index (χ0) is 20.7. The van der Waals surface area contributed by atoms with E-state index in [4.69, 9.17) is 5.73 Å². The lowest BCUT2D eigenvalue weighted by molar-refractivity contribution is -0.198. The number of carbonyl (C=O) groups is 2. The number of imide groups is 1. The molecule has 0 spiro atoms. The molecule has 0 aliphatic carbocycles. The van der Waals surface area contributed by atoms with Gasteiger partial charge in [-0.25, -0.2) is 13.2 Å². The maximum absolute atomic E-state index is 13.7. The lowest BCUT2D eigenvalue weighted by Gasteiger charge is -2.29. The fourth-order valence-corrected chi connectivity index (χ4v) is 4.34. The molecule has 150 valence electrons. The van der Waals surface area contributed by atoms with Crippen molar-refractivity contribution in [3.63, 3.8) is 0 Å². The van der Waals surface area contributed by atoms with Crippen LogP contribution in [-0.2, 0) is 21.4 Å². The summed E-state index contributed by atoms with van der Waals surface area (Å²) >= 11 is 0.285. The van der Waals surface area contributed by atoms with E-state index < -0.39 is 44.7 Å². The van der Waals surface area contributed by atoms with Crippen LogP contribution >= 0.6 is 11.3 Å². The number of anilines is 1. The van der Waals surface area contributed by atoms with Crippen molar-refractivity contribution in [3.05, 3.63) is 30.1 Å². The maximum atomic E-state index is 13.7. The highest BCUT2D eigenvalue weighted by Crippen LogP contribution is 2.35. The number of halogens is 3. The van der Waals surface area contributed by atoms with Gasteiger partial charge in [-0.15, -0.1) is 10.2 Å². The number of alkyl halides is 3. The van der Waals surface area contributed by atoms with E-state index in [0.717, 1.165) is 0 Å². The van der Waals surface area contributed by atoms with Crippen LogP contribution in [0.3, 0.4) is 0 Å². The predicted octanol–water partition coefficient (Wildman–Crippen LogP) is -0.196. The van der Waals surface area contributed by atoms with E-state index in [0.29, 0.717) is 0 Å². The number of sulfonamides is 1. The Labute approximate surface area is 158 Å². The van der Waals surface area contributed by atoms with E-state index in [9.17, 15) is 31.2 Å². The number of nitrogen functional groups attached to an aromatic ring is 1. The van der Waals surface area contributed by atoms with Gasteiger partial charge in [0.25, 0.3) is 21.6 Å². The molecule has 1 unspecified atom stereocenters. The highest BCUT2D eigenvalue weighted by molar-refractivity contribution is 7.91. The Morgan fingerprint density at radius 3 is 2.57 bits per heavy atom. The first-order valence-corrected chi connectivity index (χ1v) is 9.49. The Balaban J connectivity index is 1.98. The summed E-state index contributed by atoms with van der Waals surface area (Å²) in [5.41, 5.74) is 1.58. The van der Waals surface area contributed by atoms with Gasteiger partial charge in [-0.1, -0.05) is 17.4 Å². The van der Waals surface area contributed by atoms with Gasteiger partial charge in [0.2, 0.25) is 9.47 Å². The monoisotopic (exact) mass is 437 g/mol. The van der Waals surface area contributed by atoms with Gasteiger partial charge in [0.15, 0.2) is 0 Å². The lowest BCUT2D eigenvalue weighted by Crippen LogP contribution is -2.69. The zero-order valence-electron chi connectivity index (χ0n) is 13.5. The molecule has 1 aliphatic heterocycles. The molecule has 16 heteroatoms. The van der Waals surface area contributed by atoms with Crippen molar-refractivity contribution in [2.45, 2.75) is 22.7 Å². The van der Waals surface area contributed by atoms with Crippen molar-refractivity contribution in [2.75, 3.05) is 5.73 Å². The number of urea groups is 1. The van der Waals surface area contributed by atoms with Crippen molar-refractivity contribution in [1.29, 1.82) is 0 Å². The third kappa shape index (κ3) is 3.36. The summed E-state index contributed by atoms with van der Waals surface area (Å²) in [6.45, 7) is -0.552. The summed E-state index contributed by atoms with van der Waals surface area (Å²) in [4.78, 5) is 28.6. The molecule has 4 N–H and O–H groups in total. The molecule has 0 bridgehead atoms. The average molecular weight is 437 g/mol. The summed E-state index contributed by atoms with van der Waals surface area (Å²) in [6.07, 6.45) is -2.88. The number of nitrogens with one attached hydrogen (secondary N) is 2. The molecule has 0 radical (unpaired) electrons. The van der Waals surface area contributed by atoms with Gasteiger partial charge in [-0.05, 0) is 11.6 Å². The fraction of sp³-hybridized carbons (Fsp3) is 0.250. The third-order valence-electron chi connectivity index (χ3n) is 3.53. The van der Waals surface area contributed by atoms with E-state index in [1.165, 1.54) is 34.6 Å². The number of amides is 3. The molecule has 0 aromatic carbocycles. The quantitative estimate of drug-likeness (QED) is 0.542. The fourth-order valence-electron chi connectivity index (χ4n) is 2.29. The van der Waals surface area contributed by atoms with Gasteiger partial charge in [-0.3, -0.25) is 14.7 Å². The molecular weight excluding hydrogens is 427 g/mol. The van der Waals surface area contributed by atoms with Crippen molar-refractivity contribution in [1.82, 2.24) is 30.1 Å². The van der Waals surface area contributed by atoms with Gasteiger partial charge >= 0.3 is 12.2 Å². The van der Waals surface area contributed by atoms with Crippen LogP contribution in [0.15, 0.2) is 28.9 Å². The van der Waals surface area contributed by atoms with Gasteiger partial charge in [0.05, 0.1) is 6.54 Å². The molecule has 0 saturated carbocycles. The summed E-state index contributed by atoms with van der Waals surface area (Å²) in [5.74, 6) is -1.85. The molecule has 1 aliphatic rings. The number of nitrogens with two attached hydrogens (primary N) is 1. The van der Waals surface area contributed by atoms with Crippen LogP contribution in [0.1, 0.15) is 5.56 Å². The summed E-state index contributed by atoms with van der Waals surface area (Å²) in [5, 5.41) is 7.43. The Bertz CT molecular complexity index is 1030. The molecule has 11 nitrogen and oxygen atoms in total. The van der Waals surface area contributed by atoms with Crippen LogP contribution in [0, 0.1) is 0 Å². The van der Waals surface area contributed by atoms with Gasteiger partial charge < -0.3 is 11.1 Å². The first kappa shape index (κ1) is 19.9. The van der Waals surface area contributed by atoms with E-state index in [1.807, 2.05) is 0 Å². The Kier molecular flexibility index (Phi) is 4.72. The Hall–Kier alpha value is -2.85. The number of nitrogens with zero attached hydrogens (tertiary/aromatic N) is 4. The number of hydrogen-bond acceptors (Lipinski definition) is 9. The molecular formula is C12H10F3N7O4S2. The number of pyridine rings is 1. The van der Waals surface area contributed by atoms with Crippen molar-refractivity contribution in [3.8, 4) is 0 Å². The smallest absolute Gasteiger partial charge is 0.374 e. The molecule has 3 rings (SSSR count). The second-order valence-corrected chi connectivity index (χ2v) is 8.31. The van der Waals surface area contributed by atoms with Crippen molar-refractivity contribution in [2.24, 2.45) is 0 Å². The highest BCUT2D eigenvalue weighted by Gasteiger charge is 2.69. The lowest BCUT2D eigenvalue weighted by atomic mass is 10.1. The maximum Gasteiger partial charge on any atom is 0.435 e. The molecule has 2 aromatic heterocycles. The SMILES string of the molecule is Nc1nnc(S(=O)(=O)NC2(C(F)(F)F)NC(=O)N(Cc3cccnc3)C2=O)s1. The van der Waals surface area contributed by atoms with E-state index in [-0.39, 0.29) is 26.9 Å². The normalized spacial score (nSPS) is 20.5. The summed E-state index contributed by atoms with van der Waals surface area (Å²) in [7, 11) is -5.00. The van der Waals surface area contributed by atoms with Crippen LogP contribution < -0.4 is 15.8 Å². The first-order chi connectivity index (χ1) is 13.0. The minimum absolute atomic E-state index is 0.224. The third-order valence-corrected chi connectivity index (χ3v) is 6.11. The molecule has 1 atom stereocenters. The second kappa shape index (κ2) is 6.64. The Morgan fingerprint density at radius 2 is 2.04 bits per heavy atom. The summed E-state index contributed by atoms with van der Waals surface area (Å²) in [6, 6.07) is 1.44. The van der Waals surface area contributed by atoms with E-state index in [2.05, 4.69) is 15.2 Å². The zero-order valence-corrected chi connectivity index (χ0v) is 15.1. The molecule has 1 fully saturated rings. The Morgan fingerprint density at radius 1 is 1.32 bits per heavy atom. The van der Waals surface area contributed by atoms with Crippen LogP contribution in [0.4, 0.5) is 23.1 Å². The van der Waals surface area contributed by atoms with Crippen molar-refractivity contribution < 1.29 is 31.2 Å². The van der Waals surface area contributed by atoms with Crippen molar-refractivity contribution >= 4 is 38.4 Å². The van der Waals surface area contributed by atoms with Crippen LogP contribution in [0.5, 0.6) is 0 Å². The van der Waals surface area contributed by atoms with Gasteiger partial charge in [0, 0.05) is 12.4 Å². The first-order valence-electron chi connectivity index (χ1n) is 7.19.